The Hall–Kier alpha value is -14.3. The second-order valence-electron chi connectivity index (χ2n) is 35.3. The maximum absolute atomic E-state index is 15.7. The lowest BCUT2D eigenvalue weighted by Crippen LogP contribution is -2.62. The van der Waals surface area contributed by atoms with Crippen LogP contribution >= 0.6 is 35.3 Å². The fourth-order valence-corrected chi connectivity index (χ4v) is 17.4. The van der Waals surface area contributed by atoms with E-state index >= 15 is 28.8 Å². The molecule has 792 valence electrons. The quantitative estimate of drug-likeness (QED) is 0.0162. The lowest BCUT2D eigenvalue weighted by atomic mass is 9.96. The topological polar surface area (TPSA) is 858 Å². The Morgan fingerprint density at radius 2 is 0.778 bits per heavy atom. The zero-order valence-corrected chi connectivity index (χ0v) is 83.6. The van der Waals surface area contributed by atoms with Crippen LogP contribution in [0.5, 0.6) is 5.75 Å². The summed E-state index contributed by atoms with van der Waals surface area (Å²) in [5, 5.41) is 103. The number of hydrogen-bond acceptors (Lipinski definition) is 28. The molecule has 0 fully saturated rings. The number of aliphatic carboxylic acids is 2. The number of carbonyl (C=O) groups is 20. The van der Waals surface area contributed by atoms with E-state index in [9.17, 15) is 82.4 Å². The molecule has 2 aliphatic heterocycles. The Morgan fingerprint density at radius 1 is 0.410 bits per heavy atom. The molecule has 0 aromatic heterocycles. The van der Waals surface area contributed by atoms with Gasteiger partial charge in [-0.05, 0) is 110 Å². The third kappa shape index (κ3) is 43.2. The van der Waals surface area contributed by atoms with Gasteiger partial charge in [0, 0.05) is 67.0 Å². The van der Waals surface area contributed by atoms with Crippen LogP contribution in [0.15, 0.2) is 72.8 Å². The van der Waals surface area contributed by atoms with Gasteiger partial charge >= 0.3 is 11.9 Å². The fourth-order valence-electron chi connectivity index (χ4n) is 14.5. The molecule has 0 saturated carbocycles. The largest absolute Gasteiger partial charge is 0.508 e. The molecule has 0 unspecified atom stereocenters. The Bertz CT molecular complexity index is 5050. The lowest BCUT2D eigenvalue weighted by molar-refractivity contribution is -0.142. The molecule has 54 heteroatoms. The highest BCUT2D eigenvalue weighted by atomic mass is 32.2. The molecule has 3 aromatic rings. The minimum Gasteiger partial charge on any atom is -0.508 e. The van der Waals surface area contributed by atoms with Crippen molar-refractivity contribution < 1.29 is 111 Å². The molecule has 4 bridgehead atoms. The number of primary amides is 2. The standard InChI is InChI=1S/C90H136N28O23S3/c1-9-45(6)71-87(141)107-56(20-15-27-102-90(98)99)76(130)108-57(31-48-16-11-10-12-17-48)78(132)105-55(19-14-26-101-89(96)97)77(131)114-64-42-144-39-52-29-50(28-51(30-52)38-143-41-63(113-72(126)46(7)91)83(137)106-54(18-13-25-100-88(94)95)75(129)111-61(35-68(124)125)82(136)118-71)37-142-40-62(74(128)103-36-66(93)121)115-86(140)70(44(4)5)116-73(127)47(8)104-85(139)69(43(2)3)117-81(135)60(34-67(122)123)112-79(133)58(32-49-21-23-53(119)24-22-49)109-80(134)59(33-65(92)120)110-84(64)138/h10-12,16-17,21-24,28-30,43-47,54-64,69-71,119H,9,13-15,18-20,25-27,31-42,91H2,1-8H3,(H2,92,120)(H2,93,121)(H,103,128)(H,104,139)(H,105,132)(H,106,137)(H,107,141)(H,108,130)(H,109,134)(H,110,138)(H,111,129)(H,112,133)(H,113,126)(H,114,131)(H,115,140)(H,116,127)(H,117,135)(H,118,136)(H,122,123)(H,124,125)(H4,94,95,100)(H4,96,97,101)(H4,98,99,102)/t45-,46-,47-,54-,55-,56-,57-,58-,59-,60-,61-,62-,63-,64-,69-,70-,71-/m0/s1. The van der Waals surface area contributed by atoms with Gasteiger partial charge in [0.1, 0.15) is 96.4 Å². The SMILES string of the molecule is CC[C@H](C)[C@@H]1NC(=O)[C@H](CC(=O)O)NC(=O)[C@H](CCCNC(=N)N)NC(=O)[C@@H](NC(=O)[C@H](C)N)CSCc2cc3cc(c2)CSC[C@@H](C(=O)NCC(N)=O)NC(=O)[C@H](C(C)C)NC(=O)[C@H](C)NC(=O)[C@H](C(C)C)NC(=O)[C@H](CC(=O)O)NC(=O)[C@H](Cc2ccc(O)cc2)NC(=O)[C@H](CC(N)=O)NC(=O)[C@H](CSC3)NC(=O)[C@H](CCCNC(=N)N)NC(=O)[C@H](Cc2ccccc2)NC(=O)[C@H](CCCNC(=N)N)NC1=O. The van der Waals surface area contributed by atoms with Crippen molar-refractivity contribution >= 4 is 171 Å². The highest BCUT2D eigenvalue weighted by Crippen LogP contribution is 2.26. The summed E-state index contributed by atoms with van der Waals surface area (Å²) in [5.74, 6) is -29.2. The molecule has 2 aliphatic rings. The molecule has 18 amide bonds. The number of nitrogens with two attached hydrogens (primary N) is 6. The zero-order valence-electron chi connectivity index (χ0n) is 81.1. The number of fused-ring (bicyclic) bond motifs is 5. The van der Waals surface area contributed by atoms with Gasteiger partial charge < -0.3 is 151 Å². The summed E-state index contributed by atoms with van der Waals surface area (Å²) in [6.45, 7) is 10.6. The minimum absolute atomic E-state index is 0.0525. The first-order valence-electron chi connectivity index (χ1n) is 46.4. The number of phenolic OH excluding ortho intramolecular Hbond substituents is 1. The predicted molar refractivity (Wildman–Crippen MR) is 532 cm³/mol. The normalized spacial score (nSPS) is 23.7. The third-order valence-electron chi connectivity index (χ3n) is 22.4. The molecule has 5 rings (SSSR count). The molecule has 0 spiro atoms. The van der Waals surface area contributed by atoms with Gasteiger partial charge in [-0.2, -0.15) is 35.3 Å². The molecule has 51 nitrogen and oxygen atoms in total. The maximum atomic E-state index is 15.7. The number of nitrogens with one attached hydrogen (secondary N) is 22. The molecule has 17 atom stereocenters. The van der Waals surface area contributed by atoms with Crippen LogP contribution in [0.1, 0.15) is 147 Å². The van der Waals surface area contributed by atoms with Crippen molar-refractivity contribution in [2.45, 2.75) is 246 Å². The molecule has 3 aromatic carbocycles. The van der Waals surface area contributed by atoms with Gasteiger partial charge in [-0.3, -0.25) is 112 Å². The molecule has 2 heterocycles. The van der Waals surface area contributed by atoms with Gasteiger partial charge in [-0.1, -0.05) is 109 Å². The second-order valence-corrected chi connectivity index (χ2v) is 38.4. The van der Waals surface area contributed by atoms with Crippen LogP contribution in [0.4, 0.5) is 0 Å². The first-order chi connectivity index (χ1) is 67.9. The van der Waals surface area contributed by atoms with E-state index in [-0.39, 0.29) is 111 Å². The Kier molecular flexibility index (Phi) is 50.8. The van der Waals surface area contributed by atoms with Crippen molar-refractivity contribution in [3.8, 4) is 5.75 Å². The molecular formula is C90H136N28O23S3. The van der Waals surface area contributed by atoms with E-state index < -0.39 is 289 Å². The highest BCUT2D eigenvalue weighted by molar-refractivity contribution is 7.99. The van der Waals surface area contributed by atoms with Gasteiger partial charge in [0.05, 0.1) is 31.8 Å². The van der Waals surface area contributed by atoms with Gasteiger partial charge in [0.25, 0.3) is 0 Å². The van der Waals surface area contributed by atoms with Crippen molar-refractivity contribution in [3.63, 3.8) is 0 Å². The van der Waals surface area contributed by atoms with Crippen molar-refractivity contribution in [3.05, 3.63) is 101 Å². The maximum Gasteiger partial charge on any atom is 0.305 e. The van der Waals surface area contributed by atoms with E-state index in [0.717, 1.165) is 35.3 Å². The average Bonchev–Trinajstić information content (AvgIpc) is 0.872. The van der Waals surface area contributed by atoms with E-state index in [0.29, 0.717) is 22.3 Å². The summed E-state index contributed by atoms with van der Waals surface area (Å²) >= 11 is 3.00. The number of carboxylic acid groups (broad SMARTS) is 2. The van der Waals surface area contributed by atoms with E-state index in [1.807, 2.05) is 0 Å². The molecule has 0 aliphatic carbocycles. The van der Waals surface area contributed by atoms with Gasteiger partial charge in [0.2, 0.25) is 106 Å². The molecule has 0 saturated heterocycles. The summed E-state index contributed by atoms with van der Waals surface area (Å²) in [4.78, 5) is 289. The predicted octanol–water partition coefficient (Wildman–Crippen LogP) is -7.18. The smallest absolute Gasteiger partial charge is 0.305 e. The number of carboxylic acids is 2. The van der Waals surface area contributed by atoms with Gasteiger partial charge in [-0.15, -0.1) is 0 Å². The third-order valence-corrected chi connectivity index (χ3v) is 25.7. The molecule has 144 heavy (non-hydrogen) atoms. The number of benzene rings is 3. The number of hydrogen-bond donors (Lipinski definition) is 31. The lowest BCUT2D eigenvalue weighted by Gasteiger charge is -2.30. The van der Waals surface area contributed by atoms with E-state index in [4.69, 9.17) is 50.6 Å². The van der Waals surface area contributed by atoms with E-state index in [1.54, 1.807) is 69.3 Å². The Morgan fingerprint density at radius 3 is 1.22 bits per heavy atom. The van der Waals surface area contributed by atoms with Crippen LogP contribution in [-0.2, 0) is 126 Å². The first-order valence-corrected chi connectivity index (χ1v) is 49.9. The minimum atomic E-state index is -2.13. The fraction of sp³-hybridized carbons (Fsp3) is 0.544. The summed E-state index contributed by atoms with van der Waals surface area (Å²) < 4.78 is 0. The number of thioether (sulfide) groups is 3. The second kappa shape index (κ2) is 60.8. The van der Waals surface area contributed by atoms with Crippen LogP contribution in [-0.4, -0.2) is 292 Å². The van der Waals surface area contributed by atoms with Crippen LogP contribution < -0.4 is 135 Å². The number of rotatable bonds is 31. The number of phenols is 1. The monoisotopic (exact) mass is 2070 g/mol. The summed E-state index contributed by atoms with van der Waals surface area (Å²) in [7, 11) is 0. The Labute approximate surface area is 843 Å². The Balaban J connectivity index is 1.90. The highest BCUT2D eigenvalue weighted by Gasteiger charge is 2.42. The van der Waals surface area contributed by atoms with Crippen molar-refractivity contribution in [2.75, 3.05) is 43.4 Å². The zero-order chi connectivity index (χ0) is 107. The molecular weight excluding hydrogens is 1940 g/mol. The van der Waals surface area contributed by atoms with Crippen LogP contribution in [0.3, 0.4) is 0 Å². The van der Waals surface area contributed by atoms with Gasteiger partial charge in [-0.25, -0.2) is 0 Å². The summed E-state index contributed by atoms with van der Waals surface area (Å²) in [6, 6.07) is -9.60. The number of amides is 18. The summed E-state index contributed by atoms with van der Waals surface area (Å²) in [6.07, 6.45) is -5.50. The molecule has 37 N–H and O–H groups in total. The van der Waals surface area contributed by atoms with E-state index in [2.05, 4.69) is 101 Å². The number of guanidine groups is 3. The average molecular weight is 2070 g/mol. The van der Waals surface area contributed by atoms with Crippen molar-refractivity contribution in [1.29, 1.82) is 16.2 Å². The van der Waals surface area contributed by atoms with Crippen molar-refractivity contribution in [2.24, 2.45) is 52.2 Å². The van der Waals surface area contributed by atoms with Crippen LogP contribution in [0, 0.1) is 34.0 Å². The van der Waals surface area contributed by atoms with Crippen LogP contribution in [0.2, 0.25) is 0 Å². The number of aromatic hydroxyl groups is 1. The van der Waals surface area contributed by atoms with Gasteiger partial charge in [0.15, 0.2) is 17.9 Å². The summed E-state index contributed by atoms with van der Waals surface area (Å²) in [5.41, 5.74) is 36.1. The van der Waals surface area contributed by atoms with E-state index in [1.165, 1.54) is 58.9 Å². The molecule has 0 radical (unpaired) electrons. The van der Waals surface area contributed by atoms with Crippen molar-refractivity contribution in [1.82, 2.24) is 101 Å². The van der Waals surface area contributed by atoms with Crippen LogP contribution in [0.25, 0.3) is 0 Å². The first kappa shape index (κ1) is 120. The number of carbonyl (C=O) groups excluding carboxylic acids is 18.